The molecule has 2 atom stereocenters. The van der Waals surface area contributed by atoms with Crippen molar-refractivity contribution in [3.05, 3.63) is 60.2 Å². The number of benzene rings is 2. The zero-order chi connectivity index (χ0) is 16.3. The maximum absolute atomic E-state index is 11.5. The summed E-state index contributed by atoms with van der Waals surface area (Å²) in [4.78, 5) is 0. The third-order valence-electron chi connectivity index (χ3n) is 4.20. The smallest absolute Gasteiger partial charge is 0.209 e. The average Bonchev–Trinajstić information content (AvgIpc) is 2.93. The second kappa shape index (κ2) is 8.12. The Hall–Kier alpha value is -1.40. The van der Waals surface area contributed by atoms with E-state index in [2.05, 4.69) is 46.4 Å². The van der Waals surface area contributed by atoms with Gasteiger partial charge < -0.3 is 5.32 Å². The monoisotopic (exact) mass is 366 g/mol. The summed E-state index contributed by atoms with van der Waals surface area (Å²) < 4.78 is 25.7. The molecule has 0 aromatic heterocycles. The van der Waals surface area contributed by atoms with Gasteiger partial charge in [0.15, 0.2) is 0 Å². The van der Waals surface area contributed by atoms with Gasteiger partial charge in [0, 0.05) is 12.1 Å². The van der Waals surface area contributed by atoms with Crippen LogP contribution in [0.15, 0.2) is 54.6 Å². The summed E-state index contributed by atoms with van der Waals surface area (Å²) in [6, 6.07) is 18.8. The Balaban J connectivity index is 0.00000208. The highest BCUT2D eigenvalue weighted by molar-refractivity contribution is 7.88. The lowest BCUT2D eigenvalue weighted by Gasteiger charge is -2.20. The lowest BCUT2D eigenvalue weighted by molar-refractivity contribution is 0.494. The normalized spacial score (nSPS) is 20.5. The van der Waals surface area contributed by atoms with Crippen LogP contribution in [0.3, 0.4) is 0 Å². The van der Waals surface area contributed by atoms with Crippen LogP contribution in [-0.4, -0.2) is 33.3 Å². The van der Waals surface area contributed by atoms with Gasteiger partial charge in [0.2, 0.25) is 10.0 Å². The van der Waals surface area contributed by atoms with Crippen LogP contribution in [0, 0.1) is 0 Å². The number of sulfonamides is 1. The fraction of sp³-hybridized carbons (Fsp3) is 0.333. The first kappa shape index (κ1) is 18.9. The van der Waals surface area contributed by atoms with E-state index in [1.54, 1.807) is 0 Å². The van der Waals surface area contributed by atoms with Gasteiger partial charge in [-0.1, -0.05) is 54.6 Å². The molecule has 3 rings (SSSR count). The summed E-state index contributed by atoms with van der Waals surface area (Å²) in [5, 5.41) is 3.41. The first-order valence-electron chi connectivity index (χ1n) is 7.86. The molecule has 0 unspecified atom stereocenters. The number of rotatable bonds is 5. The van der Waals surface area contributed by atoms with Gasteiger partial charge in [0.05, 0.1) is 6.26 Å². The van der Waals surface area contributed by atoms with Crippen LogP contribution in [0.1, 0.15) is 12.0 Å². The number of nitrogens with one attached hydrogen (secondary N) is 2. The van der Waals surface area contributed by atoms with Crippen molar-refractivity contribution in [2.75, 3.05) is 12.8 Å². The van der Waals surface area contributed by atoms with E-state index in [9.17, 15) is 8.42 Å². The minimum Gasteiger partial charge on any atom is -0.312 e. The highest BCUT2D eigenvalue weighted by Crippen LogP contribution is 2.22. The minimum absolute atomic E-state index is 0. The van der Waals surface area contributed by atoms with E-state index in [0.717, 1.165) is 19.4 Å². The largest absolute Gasteiger partial charge is 0.312 e. The van der Waals surface area contributed by atoms with E-state index >= 15 is 0 Å². The molecular weight excluding hydrogens is 344 g/mol. The molecule has 6 heteroatoms. The van der Waals surface area contributed by atoms with Crippen LogP contribution < -0.4 is 10.0 Å². The van der Waals surface area contributed by atoms with Gasteiger partial charge in [0.25, 0.3) is 0 Å². The van der Waals surface area contributed by atoms with Crippen molar-refractivity contribution < 1.29 is 8.42 Å². The van der Waals surface area contributed by atoms with Gasteiger partial charge in [0.1, 0.15) is 0 Å². The van der Waals surface area contributed by atoms with E-state index in [4.69, 9.17) is 0 Å². The third kappa shape index (κ3) is 5.05. The summed E-state index contributed by atoms with van der Waals surface area (Å²) in [6.07, 6.45) is 2.86. The molecule has 130 valence electrons. The van der Waals surface area contributed by atoms with E-state index in [-0.39, 0.29) is 24.5 Å². The Morgan fingerprint density at radius 2 is 1.79 bits per heavy atom. The lowest BCUT2D eigenvalue weighted by atomic mass is 9.97. The Kier molecular flexibility index (Phi) is 6.40. The first-order chi connectivity index (χ1) is 11.0. The van der Waals surface area contributed by atoms with Crippen molar-refractivity contribution in [1.29, 1.82) is 0 Å². The van der Waals surface area contributed by atoms with Crippen molar-refractivity contribution in [2.45, 2.75) is 24.9 Å². The maximum atomic E-state index is 11.5. The molecule has 0 radical (unpaired) electrons. The predicted molar refractivity (Wildman–Crippen MR) is 101 cm³/mol. The molecule has 0 spiro atoms. The fourth-order valence-corrected chi connectivity index (χ4v) is 3.99. The van der Waals surface area contributed by atoms with Crippen LogP contribution in [0.2, 0.25) is 0 Å². The Labute approximate surface area is 150 Å². The number of hydrogen-bond donors (Lipinski definition) is 2. The SMILES string of the molecule is CS(=O)(=O)N[C@@H]1CCN[C@@H]1Cc1cccc(-c2ccccc2)c1.Cl. The molecule has 0 bridgehead atoms. The van der Waals surface area contributed by atoms with Gasteiger partial charge in [-0.05, 0) is 36.1 Å². The number of hydrogen-bond acceptors (Lipinski definition) is 3. The minimum atomic E-state index is -3.17. The van der Waals surface area contributed by atoms with Crippen molar-refractivity contribution in [2.24, 2.45) is 0 Å². The van der Waals surface area contributed by atoms with Crippen LogP contribution in [0.4, 0.5) is 0 Å². The molecule has 1 aliphatic rings. The molecular formula is C18H23ClN2O2S. The molecule has 0 aliphatic carbocycles. The molecule has 2 aromatic carbocycles. The third-order valence-corrected chi connectivity index (χ3v) is 4.93. The zero-order valence-corrected chi connectivity index (χ0v) is 15.2. The quantitative estimate of drug-likeness (QED) is 0.855. The molecule has 1 fully saturated rings. The summed E-state index contributed by atoms with van der Waals surface area (Å²) in [6.45, 7) is 0.843. The Morgan fingerprint density at radius 3 is 2.50 bits per heavy atom. The molecule has 1 heterocycles. The van der Waals surface area contributed by atoms with Crippen LogP contribution in [-0.2, 0) is 16.4 Å². The Morgan fingerprint density at radius 1 is 1.08 bits per heavy atom. The van der Waals surface area contributed by atoms with E-state index in [1.807, 2.05) is 18.2 Å². The molecule has 2 aromatic rings. The van der Waals surface area contributed by atoms with Gasteiger partial charge >= 0.3 is 0 Å². The molecule has 1 saturated heterocycles. The van der Waals surface area contributed by atoms with Gasteiger partial charge in [-0.2, -0.15) is 0 Å². The maximum Gasteiger partial charge on any atom is 0.209 e. The van der Waals surface area contributed by atoms with Crippen molar-refractivity contribution in [3.63, 3.8) is 0 Å². The standard InChI is InChI=1S/C18H22N2O2S.ClH/c1-23(21,22)20-17-10-11-19-18(17)13-14-6-5-9-16(12-14)15-7-3-2-4-8-15;/h2-9,12,17-20H,10-11,13H2,1H3;1H/t17-,18-;/m1./s1. The van der Waals surface area contributed by atoms with E-state index < -0.39 is 10.0 Å². The summed E-state index contributed by atoms with van der Waals surface area (Å²) in [5.74, 6) is 0. The summed E-state index contributed by atoms with van der Waals surface area (Å²) >= 11 is 0. The van der Waals surface area contributed by atoms with Crippen molar-refractivity contribution in [1.82, 2.24) is 10.0 Å². The number of halogens is 1. The van der Waals surface area contributed by atoms with Crippen LogP contribution >= 0.6 is 12.4 Å². The predicted octanol–water partition coefficient (Wildman–Crippen LogP) is 2.60. The molecule has 2 N–H and O–H groups in total. The molecule has 0 saturated carbocycles. The zero-order valence-electron chi connectivity index (χ0n) is 13.6. The summed E-state index contributed by atoms with van der Waals surface area (Å²) in [7, 11) is -3.17. The van der Waals surface area contributed by atoms with E-state index in [0.29, 0.717) is 0 Å². The van der Waals surface area contributed by atoms with Crippen LogP contribution in [0.25, 0.3) is 11.1 Å². The molecule has 1 aliphatic heterocycles. The van der Waals surface area contributed by atoms with E-state index in [1.165, 1.54) is 22.9 Å². The van der Waals surface area contributed by atoms with Crippen LogP contribution in [0.5, 0.6) is 0 Å². The highest BCUT2D eigenvalue weighted by Gasteiger charge is 2.29. The second-order valence-corrected chi connectivity index (χ2v) is 7.90. The highest BCUT2D eigenvalue weighted by atomic mass is 35.5. The molecule has 4 nitrogen and oxygen atoms in total. The Bertz CT molecular complexity index is 766. The second-order valence-electron chi connectivity index (χ2n) is 6.12. The van der Waals surface area contributed by atoms with Gasteiger partial charge in [-0.15, -0.1) is 12.4 Å². The van der Waals surface area contributed by atoms with Crippen molar-refractivity contribution >= 4 is 22.4 Å². The molecule has 0 amide bonds. The van der Waals surface area contributed by atoms with Gasteiger partial charge in [-0.25, -0.2) is 13.1 Å². The fourth-order valence-electron chi connectivity index (χ4n) is 3.16. The topological polar surface area (TPSA) is 58.2 Å². The lowest BCUT2D eigenvalue weighted by Crippen LogP contribution is -2.44. The first-order valence-corrected chi connectivity index (χ1v) is 9.75. The molecule has 24 heavy (non-hydrogen) atoms. The van der Waals surface area contributed by atoms with Gasteiger partial charge in [-0.3, -0.25) is 0 Å². The average molecular weight is 367 g/mol. The van der Waals surface area contributed by atoms with Crippen molar-refractivity contribution in [3.8, 4) is 11.1 Å². The summed E-state index contributed by atoms with van der Waals surface area (Å²) in [5.41, 5.74) is 3.60.